The van der Waals surface area contributed by atoms with Crippen LogP contribution in [0.5, 0.6) is 0 Å². The quantitative estimate of drug-likeness (QED) is 0.764. The fourth-order valence-corrected chi connectivity index (χ4v) is 6.84. The van der Waals surface area contributed by atoms with E-state index in [4.69, 9.17) is 0 Å². The fraction of sp³-hybridized carbons (Fsp3) is 0.529. The first-order valence-electron chi connectivity index (χ1n) is 7.93. The Morgan fingerprint density at radius 2 is 1.92 bits per heavy atom. The van der Waals surface area contributed by atoms with Crippen LogP contribution in [0.15, 0.2) is 29.3 Å². The van der Waals surface area contributed by atoms with Gasteiger partial charge in [0.15, 0.2) is 15.0 Å². The van der Waals surface area contributed by atoms with Crippen LogP contribution < -0.4 is 4.90 Å². The Labute approximate surface area is 147 Å². The summed E-state index contributed by atoms with van der Waals surface area (Å²) >= 11 is 1.42. The van der Waals surface area contributed by atoms with E-state index in [1.54, 1.807) is 0 Å². The summed E-state index contributed by atoms with van der Waals surface area (Å²) in [5.41, 5.74) is 1.41. The second-order valence-corrected chi connectivity index (χ2v) is 10.8. The van der Waals surface area contributed by atoms with Crippen molar-refractivity contribution in [3.8, 4) is 0 Å². The summed E-state index contributed by atoms with van der Waals surface area (Å²) in [5.74, 6) is 0.0706. The lowest BCUT2D eigenvalue weighted by Gasteiger charge is -2.26. The molecular formula is C17H22N2O3S2. The second-order valence-electron chi connectivity index (χ2n) is 7.41. The molecule has 2 heterocycles. The van der Waals surface area contributed by atoms with Gasteiger partial charge in [0.1, 0.15) is 0 Å². The number of aryl methyl sites for hydroxylation is 1. The second kappa shape index (κ2) is 5.88. The van der Waals surface area contributed by atoms with Crippen LogP contribution in [-0.2, 0) is 14.6 Å². The SMILES string of the molecule is Cc1ccccc1N1C(=NC(=O)C(C)(C)C)S[C@H]2CS(=O)(=O)C[C@@H]21. The normalized spacial score (nSPS) is 27.5. The van der Waals surface area contributed by atoms with E-state index in [2.05, 4.69) is 4.99 Å². The maximum atomic E-state index is 12.4. The van der Waals surface area contributed by atoms with Crippen LogP contribution >= 0.6 is 11.8 Å². The summed E-state index contributed by atoms with van der Waals surface area (Å²) in [6.07, 6.45) is 0. The van der Waals surface area contributed by atoms with E-state index >= 15 is 0 Å². The van der Waals surface area contributed by atoms with Gasteiger partial charge in [-0.15, -0.1) is 0 Å². The van der Waals surface area contributed by atoms with Gasteiger partial charge >= 0.3 is 0 Å². The van der Waals surface area contributed by atoms with Gasteiger partial charge in [0, 0.05) is 16.4 Å². The van der Waals surface area contributed by atoms with Crippen molar-refractivity contribution in [3.05, 3.63) is 29.8 Å². The molecule has 130 valence electrons. The molecule has 0 unspecified atom stereocenters. The summed E-state index contributed by atoms with van der Waals surface area (Å²) in [6.45, 7) is 7.49. The van der Waals surface area contributed by atoms with Crippen LogP contribution in [0.4, 0.5) is 5.69 Å². The van der Waals surface area contributed by atoms with Crippen molar-refractivity contribution in [2.75, 3.05) is 16.4 Å². The molecule has 2 aliphatic heterocycles. The smallest absolute Gasteiger partial charge is 0.253 e. The minimum atomic E-state index is -3.04. The number of nitrogens with zero attached hydrogens (tertiary/aromatic N) is 2. The number of amides is 1. The molecule has 0 aliphatic carbocycles. The molecule has 0 saturated carbocycles. The molecule has 0 N–H and O–H groups in total. The topological polar surface area (TPSA) is 66.8 Å². The number of sulfone groups is 1. The molecule has 3 rings (SSSR count). The predicted molar refractivity (Wildman–Crippen MR) is 99.4 cm³/mol. The van der Waals surface area contributed by atoms with Gasteiger partial charge in [0.2, 0.25) is 0 Å². The number of thioether (sulfide) groups is 1. The van der Waals surface area contributed by atoms with Crippen molar-refractivity contribution in [1.82, 2.24) is 0 Å². The summed E-state index contributed by atoms with van der Waals surface area (Å²) in [6, 6.07) is 7.66. The molecule has 2 fully saturated rings. The number of hydrogen-bond donors (Lipinski definition) is 0. The van der Waals surface area contributed by atoms with Gasteiger partial charge in [0.25, 0.3) is 5.91 Å². The molecule has 24 heavy (non-hydrogen) atoms. The molecule has 5 nitrogen and oxygen atoms in total. The summed E-state index contributed by atoms with van der Waals surface area (Å²) in [5, 5.41) is 0.551. The van der Waals surface area contributed by atoms with E-state index in [-0.39, 0.29) is 28.7 Å². The molecule has 0 bridgehead atoms. The summed E-state index contributed by atoms with van der Waals surface area (Å²) in [7, 11) is -3.04. The maximum absolute atomic E-state index is 12.4. The van der Waals surface area contributed by atoms with Gasteiger partial charge in [-0.25, -0.2) is 8.42 Å². The van der Waals surface area contributed by atoms with E-state index in [9.17, 15) is 13.2 Å². The lowest BCUT2D eigenvalue weighted by molar-refractivity contribution is -0.124. The predicted octanol–water partition coefficient (Wildman–Crippen LogP) is 2.64. The first-order chi connectivity index (χ1) is 11.1. The Hall–Kier alpha value is -1.34. The number of para-hydroxylation sites is 1. The van der Waals surface area contributed by atoms with E-state index in [0.29, 0.717) is 5.17 Å². The minimum absolute atomic E-state index is 0.0684. The Kier molecular flexibility index (Phi) is 4.28. The third-order valence-electron chi connectivity index (χ3n) is 4.28. The molecule has 1 aromatic carbocycles. The fourth-order valence-electron chi connectivity index (χ4n) is 2.93. The molecule has 2 aliphatic rings. The maximum Gasteiger partial charge on any atom is 0.253 e. The zero-order valence-electron chi connectivity index (χ0n) is 14.3. The zero-order chi connectivity index (χ0) is 17.7. The van der Waals surface area contributed by atoms with Crippen LogP contribution in [0.2, 0.25) is 0 Å². The summed E-state index contributed by atoms with van der Waals surface area (Å²) in [4.78, 5) is 18.7. The zero-order valence-corrected chi connectivity index (χ0v) is 15.9. The van der Waals surface area contributed by atoms with Gasteiger partial charge in [-0.1, -0.05) is 50.7 Å². The number of hydrogen-bond acceptors (Lipinski definition) is 4. The minimum Gasteiger partial charge on any atom is -0.315 e. The van der Waals surface area contributed by atoms with Crippen molar-refractivity contribution in [2.45, 2.75) is 39.0 Å². The number of anilines is 1. The van der Waals surface area contributed by atoms with E-state index in [1.165, 1.54) is 11.8 Å². The van der Waals surface area contributed by atoms with Crippen molar-refractivity contribution >= 4 is 38.4 Å². The van der Waals surface area contributed by atoms with Crippen molar-refractivity contribution in [1.29, 1.82) is 0 Å². The van der Waals surface area contributed by atoms with Crippen LogP contribution in [-0.4, -0.2) is 42.3 Å². The van der Waals surface area contributed by atoms with Crippen LogP contribution in [0.1, 0.15) is 26.3 Å². The Bertz CT molecular complexity index is 809. The van der Waals surface area contributed by atoms with Crippen LogP contribution in [0.25, 0.3) is 0 Å². The Balaban J connectivity index is 2.05. The molecule has 0 spiro atoms. The first-order valence-corrected chi connectivity index (χ1v) is 10.6. The first kappa shape index (κ1) is 17.5. The third-order valence-corrected chi connectivity index (χ3v) is 7.49. The lowest BCUT2D eigenvalue weighted by atomic mass is 9.96. The average Bonchev–Trinajstić information content (AvgIpc) is 2.90. The molecule has 1 amide bonds. The molecule has 0 radical (unpaired) electrons. The van der Waals surface area contributed by atoms with Crippen molar-refractivity contribution in [2.24, 2.45) is 10.4 Å². The average molecular weight is 367 g/mol. The van der Waals surface area contributed by atoms with Gasteiger partial charge in [-0.3, -0.25) is 4.79 Å². The largest absolute Gasteiger partial charge is 0.315 e. The lowest BCUT2D eigenvalue weighted by Crippen LogP contribution is -2.38. The summed E-state index contributed by atoms with van der Waals surface area (Å²) < 4.78 is 24.1. The van der Waals surface area contributed by atoms with Gasteiger partial charge in [-0.2, -0.15) is 4.99 Å². The number of aliphatic imine (C=N–C) groups is 1. The number of fused-ring (bicyclic) bond motifs is 1. The number of rotatable bonds is 1. The number of carbonyl (C=O) groups is 1. The monoisotopic (exact) mass is 366 g/mol. The highest BCUT2D eigenvalue weighted by atomic mass is 32.2. The van der Waals surface area contributed by atoms with Gasteiger partial charge in [0.05, 0.1) is 17.5 Å². The van der Waals surface area contributed by atoms with E-state index in [0.717, 1.165) is 11.3 Å². The standard InChI is InChI=1S/C17H22N2O3S2/c1-11-7-5-6-8-12(11)19-13-9-24(21,22)10-14(13)23-16(19)18-15(20)17(2,3)4/h5-8,13-14H,9-10H2,1-4H3/t13-,14-/m0/s1. The van der Waals surface area contributed by atoms with Gasteiger partial charge < -0.3 is 4.90 Å². The molecule has 2 saturated heterocycles. The third kappa shape index (κ3) is 3.24. The van der Waals surface area contributed by atoms with E-state index < -0.39 is 15.3 Å². The molecule has 0 aromatic heterocycles. The highest BCUT2D eigenvalue weighted by molar-refractivity contribution is 8.16. The highest BCUT2D eigenvalue weighted by Gasteiger charge is 2.49. The number of benzene rings is 1. The van der Waals surface area contributed by atoms with Crippen molar-refractivity contribution < 1.29 is 13.2 Å². The van der Waals surface area contributed by atoms with Crippen LogP contribution in [0, 0.1) is 12.3 Å². The highest BCUT2D eigenvalue weighted by Crippen LogP contribution is 2.42. The molecule has 7 heteroatoms. The molecular weight excluding hydrogens is 344 g/mol. The molecule has 1 aromatic rings. The van der Waals surface area contributed by atoms with Crippen LogP contribution in [0.3, 0.4) is 0 Å². The van der Waals surface area contributed by atoms with Gasteiger partial charge in [-0.05, 0) is 18.6 Å². The number of carbonyl (C=O) groups excluding carboxylic acids is 1. The van der Waals surface area contributed by atoms with Crippen molar-refractivity contribution in [3.63, 3.8) is 0 Å². The Morgan fingerprint density at radius 1 is 1.25 bits per heavy atom. The Morgan fingerprint density at radius 3 is 2.54 bits per heavy atom. The van der Waals surface area contributed by atoms with E-state index in [1.807, 2.05) is 56.9 Å². The number of amidine groups is 1. The molecule has 2 atom stereocenters.